The van der Waals surface area contributed by atoms with Crippen LogP contribution in [0.5, 0.6) is 5.75 Å². The summed E-state index contributed by atoms with van der Waals surface area (Å²) in [5.74, 6) is 0.639. The smallest absolute Gasteiger partial charge is 0.335 e. The van der Waals surface area contributed by atoms with E-state index in [9.17, 15) is 4.79 Å². The fraction of sp³-hybridized carbons (Fsp3) is 0.350. The second-order valence-electron chi connectivity index (χ2n) is 6.41. The molecule has 1 fully saturated rings. The molecule has 1 aliphatic heterocycles. The number of methoxy groups -OCH3 is 1. The molecule has 3 rings (SSSR count). The minimum Gasteiger partial charge on any atom is -0.495 e. The maximum absolute atomic E-state index is 10.9. The van der Waals surface area contributed by atoms with Gasteiger partial charge in [0.2, 0.25) is 0 Å². The molecule has 5 nitrogen and oxygen atoms in total. The number of carboxylic acid groups (broad SMARTS) is 1. The van der Waals surface area contributed by atoms with Crippen LogP contribution in [0.2, 0.25) is 0 Å². The van der Waals surface area contributed by atoms with Crippen LogP contribution in [-0.4, -0.2) is 37.8 Å². The molecule has 0 radical (unpaired) electrons. The number of hydrogen-bond acceptors (Lipinski definition) is 4. The minimum absolute atomic E-state index is 0.326. The number of carbonyl (C=O) groups is 1. The standard InChI is InChI=1S/C20H24N2O3/c1-25-19-5-3-2-4-18(19)22-11-10-16(14-22)13-21-12-15-6-8-17(9-7-15)20(23)24/h2-9,16,21H,10-14H2,1H3,(H,23,24). The lowest BCUT2D eigenvalue weighted by Crippen LogP contribution is -2.26. The van der Waals surface area contributed by atoms with Gasteiger partial charge in [-0.3, -0.25) is 0 Å². The van der Waals surface area contributed by atoms with Gasteiger partial charge in [-0.2, -0.15) is 0 Å². The molecule has 0 spiro atoms. The van der Waals surface area contributed by atoms with Gasteiger partial charge in [-0.05, 0) is 42.2 Å². The molecule has 2 aromatic carbocycles. The van der Waals surface area contributed by atoms with Crippen LogP contribution in [0.25, 0.3) is 0 Å². The summed E-state index contributed by atoms with van der Waals surface area (Å²) in [4.78, 5) is 13.2. The molecule has 0 amide bonds. The maximum atomic E-state index is 10.9. The third-order valence-corrected chi connectivity index (χ3v) is 4.67. The van der Waals surface area contributed by atoms with Crippen LogP contribution in [0.1, 0.15) is 22.3 Å². The number of para-hydroxylation sites is 2. The first-order valence-corrected chi connectivity index (χ1v) is 8.58. The van der Waals surface area contributed by atoms with Crippen LogP contribution in [-0.2, 0) is 6.54 Å². The van der Waals surface area contributed by atoms with Crippen molar-refractivity contribution >= 4 is 11.7 Å². The lowest BCUT2D eigenvalue weighted by molar-refractivity contribution is 0.0697. The molecule has 0 saturated carbocycles. The lowest BCUT2D eigenvalue weighted by Gasteiger charge is -2.21. The van der Waals surface area contributed by atoms with E-state index in [1.807, 2.05) is 30.3 Å². The first kappa shape index (κ1) is 17.3. The van der Waals surface area contributed by atoms with E-state index in [1.165, 1.54) is 0 Å². The molecule has 25 heavy (non-hydrogen) atoms. The van der Waals surface area contributed by atoms with Crippen LogP contribution >= 0.6 is 0 Å². The first-order chi connectivity index (χ1) is 12.2. The predicted molar refractivity (Wildman–Crippen MR) is 98.4 cm³/mol. The Kier molecular flexibility index (Phi) is 5.56. The fourth-order valence-electron chi connectivity index (χ4n) is 3.29. The normalized spacial score (nSPS) is 16.8. The largest absolute Gasteiger partial charge is 0.495 e. The van der Waals surface area contributed by atoms with Gasteiger partial charge >= 0.3 is 5.97 Å². The number of nitrogens with zero attached hydrogens (tertiary/aromatic N) is 1. The van der Waals surface area contributed by atoms with Crippen molar-refractivity contribution in [2.75, 3.05) is 31.6 Å². The van der Waals surface area contributed by atoms with Gasteiger partial charge in [-0.1, -0.05) is 24.3 Å². The topological polar surface area (TPSA) is 61.8 Å². The monoisotopic (exact) mass is 340 g/mol. The Morgan fingerprint density at radius 1 is 1.24 bits per heavy atom. The molecular weight excluding hydrogens is 316 g/mol. The lowest BCUT2D eigenvalue weighted by atomic mass is 10.1. The van der Waals surface area contributed by atoms with Gasteiger partial charge in [0.1, 0.15) is 5.75 Å². The Morgan fingerprint density at radius 2 is 2.00 bits per heavy atom. The average Bonchev–Trinajstić information content (AvgIpc) is 3.11. The van der Waals surface area contributed by atoms with E-state index < -0.39 is 5.97 Å². The summed E-state index contributed by atoms with van der Waals surface area (Å²) < 4.78 is 5.46. The van der Waals surface area contributed by atoms with Gasteiger partial charge in [0, 0.05) is 26.2 Å². The summed E-state index contributed by atoms with van der Waals surface area (Å²) >= 11 is 0. The third kappa shape index (κ3) is 4.31. The molecule has 0 aromatic heterocycles. The molecule has 0 bridgehead atoms. The van der Waals surface area contributed by atoms with Crippen molar-refractivity contribution in [1.82, 2.24) is 5.32 Å². The number of anilines is 1. The van der Waals surface area contributed by atoms with Gasteiger partial charge in [0.15, 0.2) is 0 Å². The van der Waals surface area contributed by atoms with E-state index >= 15 is 0 Å². The van der Waals surface area contributed by atoms with E-state index in [-0.39, 0.29) is 0 Å². The van der Waals surface area contributed by atoms with Gasteiger partial charge < -0.3 is 20.1 Å². The van der Waals surface area contributed by atoms with Gasteiger partial charge in [0.05, 0.1) is 18.4 Å². The zero-order valence-corrected chi connectivity index (χ0v) is 14.4. The molecule has 2 aromatic rings. The molecule has 5 heteroatoms. The van der Waals surface area contributed by atoms with Crippen LogP contribution in [0.4, 0.5) is 5.69 Å². The molecule has 1 aliphatic rings. The number of ether oxygens (including phenoxy) is 1. The Balaban J connectivity index is 1.48. The van der Waals surface area contributed by atoms with Crippen LogP contribution in [0.3, 0.4) is 0 Å². The quantitative estimate of drug-likeness (QED) is 0.811. The number of carboxylic acids is 1. The molecule has 1 atom stereocenters. The molecule has 1 unspecified atom stereocenters. The van der Waals surface area contributed by atoms with Crippen molar-refractivity contribution in [1.29, 1.82) is 0 Å². The van der Waals surface area contributed by atoms with Crippen LogP contribution < -0.4 is 15.0 Å². The summed E-state index contributed by atoms with van der Waals surface area (Å²) in [6.07, 6.45) is 1.16. The number of benzene rings is 2. The van der Waals surface area contributed by atoms with E-state index in [4.69, 9.17) is 9.84 Å². The van der Waals surface area contributed by atoms with Crippen molar-refractivity contribution in [3.05, 3.63) is 59.7 Å². The zero-order chi connectivity index (χ0) is 17.6. The number of rotatable bonds is 7. The molecule has 2 N–H and O–H groups in total. The highest BCUT2D eigenvalue weighted by Gasteiger charge is 2.24. The molecule has 1 heterocycles. The summed E-state index contributed by atoms with van der Waals surface area (Å²) in [5.41, 5.74) is 2.59. The van der Waals surface area contributed by atoms with E-state index in [2.05, 4.69) is 16.3 Å². The van der Waals surface area contributed by atoms with Crippen molar-refractivity contribution < 1.29 is 14.6 Å². The van der Waals surface area contributed by atoms with Crippen LogP contribution in [0.15, 0.2) is 48.5 Å². The highest BCUT2D eigenvalue weighted by atomic mass is 16.5. The zero-order valence-electron chi connectivity index (χ0n) is 14.4. The van der Waals surface area contributed by atoms with E-state index in [0.29, 0.717) is 11.5 Å². The highest BCUT2D eigenvalue weighted by molar-refractivity contribution is 5.87. The fourth-order valence-corrected chi connectivity index (χ4v) is 3.29. The minimum atomic E-state index is -0.887. The Morgan fingerprint density at radius 3 is 2.72 bits per heavy atom. The molecule has 0 aliphatic carbocycles. The summed E-state index contributed by atoms with van der Waals surface area (Å²) in [7, 11) is 1.71. The summed E-state index contributed by atoms with van der Waals surface area (Å²) in [5, 5.41) is 12.4. The Labute approximate surface area is 148 Å². The van der Waals surface area contributed by atoms with Crippen molar-refractivity contribution in [2.45, 2.75) is 13.0 Å². The highest BCUT2D eigenvalue weighted by Crippen LogP contribution is 2.31. The van der Waals surface area contributed by atoms with Crippen molar-refractivity contribution in [2.24, 2.45) is 5.92 Å². The summed E-state index contributed by atoms with van der Waals surface area (Å²) in [6.45, 7) is 3.77. The molecular formula is C20H24N2O3. The second-order valence-corrected chi connectivity index (χ2v) is 6.41. The third-order valence-electron chi connectivity index (χ3n) is 4.67. The number of nitrogens with one attached hydrogen (secondary N) is 1. The number of aromatic carboxylic acids is 1. The summed E-state index contributed by atoms with van der Waals surface area (Å²) in [6, 6.07) is 15.2. The van der Waals surface area contributed by atoms with Gasteiger partial charge in [-0.25, -0.2) is 4.79 Å². The van der Waals surface area contributed by atoms with Crippen LogP contribution in [0, 0.1) is 5.92 Å². The van der Waals surface area contributed by atoms with Gasteiger partial charge in [-0.15, -0.1) is 0 Å². The van der Waals surface area contributed by atoms with Crippen molar-refractivity contribution in [3.8, 4) is 5.75 Å². The Hall–Kier alpha value is -2.53. The van der Waals surface area contributed by atoms with Gasteiger partial charge in [0.25, 0.3) is 0 Å². The Bertz CT molecular complexity index is 715. The first-order valence-electron chi connectivity index (χ1n) is 8.58. The second kappa shape index (κ2) is 8.03. The number of hydrogen-bond donors (Lipinski definition) is 2. The maximum Gasteiger partial charge on any atom is 0.335 e. The van der Waals surface area contributed by atoms with E-state index in [1.54, 1.807) is 19.2 Å². The predicted octanol–water partition coefficient (Wildman–Crippen LogP) is 3.01. The average molecular weight is 340 g/mol. The SMILES string of the molecule is COc1ccccc1N1CCC(CNCc2ccc(C(=O)O)cc2)C1. The van der Waals surface area contributed by atoms with E-state index in [0.717, 1.165) is 49.6 Å². The van der Waals surface area contributed by atoms with Crippen molar-refractivity contribution in [3.63, 3.8) is 0 Å². The molecule has 132 valence electrons. The molecule has 1 saturated heterocycles.